The first-order valence-electron chi connectivity index (χ1n) is 7.15. The number of carbonyl (C=O) groups is 1. The van der Waals surface area contributed by atoms with Crippen molar-refractivity contribution in [1.82, 2.24) is 4.90 Å². The average molecular weight is 333 g/mol. The molecule has 1 aromatic carbocycles. The zero-order valence-electron chi connectivity index (χ0n) is 12.9. The van der Waals surface area contributed by atoms with Crippen LogP contribution in [0, 0.1) is 0 Å². The van der Waals surface area contributed by atoms with Crippen LogP contribution in [0.4, 0.5) is 0 Å². The van der Waals surface area contributed by atoms with Gasteiger partial charge in [0, 0.05) is 11.6 Å². The van der Waals surface area contributed by atoms with Crippen LogP contribution in [0.3, 0.4) is 0 Å². The summed E-state index contributed by atoms with van der Waals surface area (Å²) in [6.07, 6.45) is 6.49. The Morgan fingerprint density at radius 1 is 1.41 bits per heavy atom. The highest BCUT2D eigenvalue weighted by Gasteiger charge is 2.34. The van der Waals surface area contributed by atoms with Gasteiger partial charge in [-0.25, -0.2) is 0 Å². The molecular formula is C17H19NO2S2. The average Bonchev–Trinajstić information content (AvgIpc) is 2.81. The number of nitrogens with zero attached hydrogens (tertiary/aromatic N) is 1. The summed E-state index contributed by atoms with van der Waals surface area (Å²) in [6.45, 7) is 4.06. The lowest BCUT2D eigenvalue weighted by atomic mass is 10.2. The molecule has 1 amide bonds. The molecular weight excluding hydrogens is 314 g/mol. The van der Waals surface area contributed by atoms with Crippen LogP contribution >= 0.6 is 24.0 Å². The van der Waals surface area contributed by atoms with Gasteiger partial charge in [-0.1, -0.05) is 61.3 Å². The minimum atomic E-state index is -0.00553. The highest BCUT2D eigenvalue weighted by Crippen LogP contribution is 2.33. The minimum Gasteiger partial charge on any atom is -0.496 e. The molecule has 1 unspecified atom stereocenters. The topological polar surface area (TPSA) is 29.5 Å². The summed E-state index contributed by atoms with van der Waals surface area (Å²) >= 11 is 6.66. The zero-order chi connectivity index (χ0) is 16.1. The number of hydrogen-bond acceptors (Lipinski definition) is 4. The van der Waals surface area contributed by atoms with Crippen molar-refractivity contribution in [2.75, 3.05) is 7.11 Å². The number of ether oxygens (including phenoxy) is 1. The molecule has 1 saturated heterocycles. The Morgan fingerprint density at radius 3 is 2.82 bits per heavy atom. The van der Waals surface area contributed by atoms with Gasteiger partial charge in [-0.2, -0.15) is 0 Å². The van der Waals surface area contributed by atoms with Crippen LogP contribution in [0.1, 0.15) is 25.8 Å². The lowest BCUT2D eigenvalue weighted by Crippen LogP contribution is -2.36. The summed E-state index contributed by atoms with van der Waals surface area (Å²) in [6, 6.07) is 7.88. The highest BCUT2D eigenvalue weighted by molar-refractivity contribution is 8.26. The molecule has 2 rings (SSSR count). The number of allylic oxidation sites excluding steroid dienone is 2. The fraction of sp³-hybridized carbons (Fsp3) is 0.294. The summed E-state index contributed by atoms with van der Waals surface area (Å²) in [5.41, 5.74) is 0.971. The van der Waals surface area contributed by atoms with E-state index in [0.29, 0.717) is 9.23 Å². The quantitative estimate of drug-likeness (QED) is 0.595. The lowest BCUT2D eigenvalue weighted by Gasteiger charge is -2.21. The third-order valence-electron chi connectivity index (χ3n) is 3.52. The number of carbonyl (C=O) groups excluding carboxylic acids is 1. The maximum Gasteiger partial charge on any atom is 0.266 e. The molecule has 0 saturated carbocycles. The van der Waals surface area contributed by atoms with Crippen molar-refractivity contribution in [3.8, 4) is 5.75 Å². The highest BCUT2D eigenvalue weighted by atomic mass is 32.2. The van der Waals surface area contributed by atoms with Crippen LogP contribution < -0.4 is 4.74 Å². The van der Waals surface area contributed by atoms with Gasteiger partial charge in [0.2, 0.25) is 0 Å². The Balaban J connectivity index is 2.16. The number of benzene rings is 1. The number of para-hydroxylation sites is 1. The molecule has 0 bridgehead atoms. The van der Waals surface area contributed by atoms with E-state index in [0.717, 1.165) is 17.7 Å². The number of rotatable bonds is 5. The van der Waals surface area contributed by atoms with Crippen molar-refractivity contribution in [2.45, 2.75) is 26.3 Å². The Hall–Kier alpha value is -1.59. The molecule has 1 atom stereocenters. The van der Waals surface area contributed by atoms with E-state index in [1.807, 2.05) is 49.4 Å². The van der Waals surface area contributed by atoms with Crippen LogP contribution in [0.25, 0.3) is 6.08 Å². The maximum absolute atomic E-state index is 12.4. The smallest absolute Gasteiger partial charge is 0.266 e. The zero-order valence-corrected chi connectivity index (χ0v) is 14.5. The molecule has 22 heavy (non-hydrogen) atoms. The summed E-state index contributed by atoms with van der Waals surface area (Å²) in [5.74, 6) is 0.799. The van der Waals surface area contributed by atoms with Crippen LogP contribution in [-0.4, -0.2) is 28.3 Å². The van der Waals surface area contributed by atoms with Crippen molar-refractivity contribution < 1.29 is 9.53 Å². The van der Waals surface area contributed by atoms with Gasteiger partial charge in [0.25, 0.3) is 5.91 Å². The van der Waals surface area contributed by atoms with Crippen LogP contribution in [-0.2, 0) is 4.79 Å². The molecule has 1 aromatic rings. The molecule has 0 spiro atoms. The molecule has 1 aliphatic rings. The van der Waals surface area contributed by atoms with Gasteiger partial charge in [-0.3, -0.25) is 9.69 Å². The molecule has 5 heteroatoms. The first kappa shape index (κ1) is 16.8. The van der Waals surface area contributed by atoms with E-state index < -0.39 is 0 Å². The van der Waals surface area contributed by atoms with Crippen molar-refractivity contribution in [2.24, 2.45) is 0 Å². The Morgan fingerprint density at radius 2 is 2.14 bits per heavy atom. The van der Waals surface area contributed by atoms with E-state index in [-0.39, 0.29) is 11.9 Å². The monoisotopic (exact) mass is 333 g/mol. The second-order valence-corrected chi connectivity index (χ2v) is 6.61. The van der Waals surface area contributed by atoms with Gasteiger partial charge in [0.1, 0.15) is 10.1 Å². The SMILES string of the molecule is CCC(C)N1C(=O)C(=CC=Cc2ccccc2OC)SC1=S. The molecule has 3 nitrogen and oxygen atoms in total. The lowest BCUT2D eigenvalue weighted by molar-refractivity contribution is -0.123. The number of hydrogen-bond donors (Lipinski definition) is 0. The fourth-order valence-electron chi connectivity index (χ4n) is 2.10. The van der Waals surface area contributed by atoms with Crippen LogP contribution in [0.5, 0.6) is 5.75 Å². The van der Waals surface area contributed by atoms with Crippen molar-refractivity contribution in [3.05, 3.63) is 46.9 Å². The van der Waals surface area contributed by atoms with E-state index in [9.17, 15) is 4.79 Å². The summed E-state index contributed by atoms with van der Waals surface area (Å²) in [5, 5.41) is 0. The Bertz CT molecular complexity index is 637. The molecule has 0 aromatic heterocycles. The van der Waals surface area contributed by atoms with Gasteiger partial charge >= 0.3 is 0 Å². The third kappa shape index (κ3) is 3.59. The standard InChI is InChI=1S/C17H19NO2S2/c1-4-12(2)18-16(19)15(22-17(18)21)11-7-9-13-8-5-6-10-14(13)20-3/h5-12H,4H2,1-3H3. The molecule has 0 aliphatic carbocycles. The molecule has 116 valence electrons. The van der Waals surface area contributed by atoms with Gasteiger partial charge < -0.3 is 4.74 Å². The van der Waals surface area contributed by atoms with E-state index in [2.05, 4.69) is 6.92 Å². The minimum absolute atomic E-state index is 0.00553. The fourth-order valence-corrected chi connectivity index (χ4v) is 3.51. The normalized spacial score (nSPS) is 18.5. The molecule has 1 heterocycles. The Kier molecular flexibility index (Phi) is 5.80. The van der Waals surface area contributed by atoms with Crippen molar-refractivity contribution >= 4 is 40.3 Å². The largest absolute Gasteiger partial charge is 0.496 e. The van der Waals surface area contributed by atoms with E-state index in [4.69, 9.17) is 17.0 Å². The first-order valence-corrected chi connectivity index (χ1v) is 8.37. The number of methoxy groups -OCH3 is 1. The van der Waals surface area contributed by atoms with Crippen LogP contribution in [0.15, 0.2) is 41.3 Å². The van der Waals surface area contributed by atoms with Crippen molar-refractivity contribution in [1.29, 1.82) is 0 Å². The van der Waals surface area contributed by atoms with E-state index in [1.165, 1.54) is 11.8 Å². The van der Waals surface area contributed by atoms with Gasteiger partial charge in [0.15, 0.2) is 0 Å². The predicted molar refractivity (Wildman–Crippen MR) is 96.9 cm³/mol. The molecule has 0 radical (unpaired) electrons. The second kappa shape index (κ2) is 7.61. The molecule has 0 N–H and O–H groups in total. The predicted octanol–water partition coefficient (Wildman–Crippen LogP) is 4.25. The number of thioether (sulfide) groups is 1. The maximum atomic E-state index is 12.4. The summed E-state index contributed by atoms with van der Waals surface area (Å²) in [4.78, 5) is 14.7. The number of thiocarbonyl (C=S) groups is 1. The number of amides is 1. The summed E-state index contributed by atoms with van der Waals surface area (Å²) < 4.78 is 5.93. The molecule has 1 fully saturated rings. The van der Waals surface area contributed by atoms with Crippen LogP contribution in [0.2, 0.25) is 0 Å². The van der Waals surface area contributed by atoms with Gasteiger partial charge in [-0.05, 0) is 25.5 Å². The third-order valence-corrected chi connectivity index (χ3v) is 4.87. The molecule has 1 aliphatic heterocycles. The van der Waals surface area contributed by atoms with Gasteiger partial charge in [-0.15, -0.1) is 0 Å². The first-order chi connectivity index (χ1) is 10.6. The second-order valence-electron chi connectivity index (χ2n) is 4.93. The van der Waals surface area contributed by atoms with Gasteiger partial charge in [0.05, 0.1) is 12.0 Å². The van der Waals surface area contributed by atoms with Crippen molar-refractivity contribution in [3.63, 3.8) is 0 Å². The Labute approximate surface area is 141 Å². The summed E-state index contributed by atoms with van der Waals surface area (Å²) in [7, 11) is 1.64. The van der Waals surface area contributed by atoms with E-state index in [1.54, 1.807) is 12.0 Å². The van der Waals surface area contributed by atoms with E-state index >= 15 is 0 Å².